The van der Waals surface area contributed by atoms with Crippen molar-refractivity contribution in [2.24, 2.45) is 0 Å². The topological polar surface area (TPSA) is 65.1 Å². The van der Waals surface area contributed by atoms with E-state index in [-0.39, 0.29) is 18.0 Å². The number of carbonyl (C=O) groups excluding carboxylic acids is 2. The second-order valence-corrected chi connectivity index (χ2v) is 10.1. The number of piperazine rings is 1. The molecule has 2 saturated heterocycles. The fourth-order valence-electron chi connectivity index (χ4n) is 5.49. The Balaban J connectivity index is 1.16. The Hall–Kier alpha value is -3.71. The maximum atomic E-state index is 13.2. The van der Waals surface area contributed by atoms with Crippen LogP contribution in [0.4, 0.5) is 16.2 Å². The number of nitrogens with zero attached hydrogens (tertiary/aromatic N) is 3. The highest BCUT2D eigenvalue weighted by Gasteiger charge is 2.49. The highest BCUT2D eigenvalue weighted by atomic mass is 35.5. The molecule has 3 heterocycles. The van der Waals surface area contributed by atoms with Crippen LogP contribution in [-0.2, 0) is 0 Å². The summed E-state index contributed by atoms with van der Waals surface area (Å²) in [5.74, 6) is 0.773. The van der Waals surface area contributed by atoms with Crippen molar-refractivity contribution < 1.29 is 14.3 Å². The van der Waals surface area contributed by atoms with Gasteiger partial charge in [0.05, 0.1) is 6.04 Å². The van der Waals surface area contributed by atoms with Gasteiger partial charge < -0.3 is 19.9 Å². The Bertz CT molecular complexity index is 1320. The summed E-state index contributed by atoms with van der Waals surface area (Å²) in [5.41, 5.74) is 2.55. The monoisotopic (exact) mass is 502 g/mol. The van der Waals surface area contributed by atoms with E-state index >= 15 is 0 Å². The zero-order chi connectivity index (χ0) is 24.9. The van der Waals surface area contributed by atoms with Crippen LogP contribution in [0.15, 0.2) is 72.8 Å². The van der Waals surface area contributed by atoms with Gasteiger partial charge >= 0.3 is 6.03 Å². The van der Waals surface area contributed by atoms with Crippen molar-refractivity contribution in [3.05, 3.63) is 88.9 Å². The third-order valence-corrected chi connectivity index (χ3v) is 7.53. The molecule has 184 valence electrons. The molecular formula is C28H27ClN4O3. The number of carbonyl (C=O) groups is 2. The number of urea groups is 1. The molecule has 3 aromatic carbocycles. The van der Waals surface area contributed by atoms with E-state index in [1.54, 1.807) is 17.0 Å². The first-order valence-corrected chi connectivity index (χ1v) is 12.6. The molecule has 2 bridgehead atoms. The van der Waals surface area contributed by atoms with E-state index < -0.39 is 5.72 Å². The molecule has 3 amide bonds. The summed E-state index contributed by atoms with van der Waals surface area (Å²) >= 11 is 6.13. The van der Waals surface area contributed by atoms with Gasteiger partial charge in [0.2, 0.25) is 0 Å². The lowest BCUT2D eigenvalue weighted by atomic mass is 9.90. The number of hydrogen-bond acceptors (Lipinski definition) is 4. The molecule has 0 saturated carbocycles. The number of amides is 3. The van der Waals surface area contributed by atoms with E-state index in [4.69, 9.17) is 16.3 Å². The maximum absolute atomic E-state index is 13.2. The number of anilines is 2. The smallest absolute Gasteiger partial charge is 0.325 e. The molecule has 3 aliphatic heterocycles. The molecule has 3 aromatic rings. The van der Waals surface area contributed by atoms with Gasteiger partial charge in [-0.2, -0.15) is 0 Å². The summed E-state index contributed by atoms with van der Waals surface area (Å²) in [7, 11) is 0. The predicted octanol–water partition coefficient (Wildman–Crippen LogP) is 5.07. The number of benzene rings is 3. The summed E-state index contributed by atoms with van der Waals surface area (Å²) in [6.45, 7) is 4.70. The molecule has 7 nitrogen and oxygen atoms in total. The zero-order valence-electron chi connectivity index (χ0n) is 20.0. The standard InChI is InChI=1S/C28H27ClN4O3/c1-28-18-24(23-7-2-3-8-25(23)36-28)30-27(35)33(28)21-11-9-19(10-12-21)26(34)32-15-13-31(14-16-32)22-6-4-5-20(29)17-22/h2-12,17,24H,13-16,18H2,1H3,(H,30,35)/t24-,28-/m1/s1. The Labute approximate surface area is 215 Å². The summed E-state index contributed by atoms with van der Waals surface area (Å²) in [6, 6.07) is 22.5. The van der Waals surface area contributed by atoms with Crippen LogP contribution in [0.2, 0.25) is 5.02 Å². The number of para-hydroxylation sites is 1. The molecule has 0 aliphatic carbocycles. The number of ether oxygens (including phenoxy) is 1. The van der Waals surface area contributed by atoms with Crippen LogP contribution in [0, 0.1) is 0 Å². The quantitative estimate of drug-likeness (QED) is 0.543. The summed E-state index contributed by atoms with van der Waals surface area (Å²) in [5, 5.41) is 3.82. The molecule has 6 rings (SSSR count). The molecule has 0 unspecified atom stereocenters. The minimum absolute atomic E-state index is 0.00971. The van der Waals surface area contributed by atoms with E-state index in [1.165, 1.54) is 0 Å². The van der Waals surface area contributed by atoms with Crippen molar-refractivity contribution in [1.82, 2.24) is 10.2 Å². The largest absolute Gasteiger partial charge is 0.467 e. The lowest BCUT2D eigenvalue weighted by molar-refractivity contribution is 0.0379. The first-order chi connectivity index (χ1) is 17.4. The van der Waals surface area contributed by atoms with Crippen LogP contribution < -0.4 is 19.9 Å². The average Bonchev–Trinajstić information content (AvgIpc) is 2.88. The van der Waals surface area contributed by atoms with Crippen LogP contribution >= 0.6 is 11.6 Å². The SMILES string of the molecule is C[C@@]12C[C@@H](NC(=O)N1c1ccc(C(=O)N3CCN(c4cccc(Cl)c4)CC3)cc1)c1ccccc1O2. The van der Waals surface area contributed by atoms with Gasteiger partial charge in [0.25, 0.3) is 5.91 Å². The van der Waals surface area contributed by atoms with Gasteiger partial charge in [-0.3, -0.25) is 9.69 Å². The fourth-order valence-corrected chi connectivity index (χ4v) is 5.67. The van der Waals surface area contributed by atoms with E-state index in [1.807, 2.05) is 72.5 Å². The molecule has 0 spiro atoms. The van der Waals surface area contributed by atoms with Gasteiger partial charge in [-0.15, -0.1) is 0 Å². The van der Waals surface area contributed by atoms with Crippen molar-refractivity contribution in [3.63, 3.8) is 0 Å². The normalized spacial score (nSPS) is 23.0. The molecule has 2 atom stereocenters. The third kappa shape index (κ3) is 3.93. The van der Waals surface area contributed by atoms with Crippen LogP contribution in [-0.4, -0.2) is 48.7 Å². The Morgan fingerprint density at radius 2 is 1.72 bits per heavy atom. The van der Waals surface area contributed by atoms with Gasteiger partial charge in [0.1, 0.15) is 5.75 Å². The molecule has 0 aromatic heterocycles. The summed E-state index contributed by atoms with van der Waals surface area (Å²) in [4.78, 5) is 32.1. The summed E-state index contributed by atoms with van der Waals surface area (Å²) < 4.78 is 6.33. The highest BCUT2D eigenvalue weighted by molar-refractivity contribution is 6.30. The molecule has 36 heavy (non-hydrogen) atoms. The van der Waals surface area contributed by atoms with E-state index in [0.717, 1.165) is 30.1 Å². The predicted molar refractivity (Wildman–Crippen MR) is 140 cm³/mol. The molecule has 2 fully saturated rings. The van der Waals surface area contributed by atoms with E-state index in [9.17, 15) is 9.59 Å². The van der Waals surface area contributed by atoms with Crippen molar-refractivity contribution in [3.8, 4) is 5.75 Å². The molecule has 0 radical (unpaired) electrons. The second kappa shape index (κ2) is 8.75. The Morgan fingerprint density at radius 3 is 2.47 bits per heavy atom. The van der Waals surface area contributed by atoms with Crippen LogP contribution in [0.5, 0.6) is 5.75 Å². The van der Waals surface area contributed by atoms with Crippen LogP contribution in [0.3, 0.4) is 0 Å². The van der Waals surface area contributed by atoms with Crippen LogP contribution in [0.1, 0.15) is 35.3 Å². The molecule has 3 aliphatic rings. The van der Waals surface area contributed by atoms with Crippen molar-refractivity contribution in [2.45, 2.75) is 25.1 Å². The van der Waals surface area contributed by atoms with Gasteiger partial charge in [0.15, 0.2) is 5.72 Å². The van der Waals surface area contributed by atoms with E-state index in [2.05, 4.69) is 10.2 Å². The lowest BCUT2D eigenvalue weighted by Gasteiger charge is -2.50. The third-order valence-electron chi connectivity index (χ3n) is 7.29. The molecule has 1 N–H and O–H groups in total. The number of hydrogen-bond donors (Lipinski definition) is 1. The number of fused-ring (bicyclic) bond motifs is 4. The Kier molecular flexibility index (Phi) is 5.52. The highest BCUT2D eigenvalue weighted by Crippen LogP contribution is 2.45. The minimum Gasteiger partial charge on any atom is -0.467 e. The molecule has 8 heteroatoms. The number of halogens is 1. The van der Waals surface area contributed by atoms with Crippen molar-refractivity contribution in [1.29, 1.82) is 0 Å². The number of nitrogens with one attached hydrogen (secondary N) is 1. The number of rotatable bonds is 3. The lowest BCUT2D eigenvalue weighted by Crippen LogP contribution is -2.65. The van der Waals surface area contributed by atoms with Gasteiger partial charge in [0, 0.05) is 60.1 Å². The second-order valence-electron chi connectivity index (χ2n) is 9.66. The van der Waals surface area contributed by atoms with Gasteiger partial charge in [-0.25, -0.2) is 4.79 Å². The first-order valence-electron chi connectivity index (χ1n) is 12.2. The molecular weight excluding hydrogens is 476 g/mol. The summed E-state index contributed by atoms with van der Waals surface area (Å²) in [6.07, 6.45) is 0.632. The maximum Gasteiger partial charge on any atom is 0.325 e. The average molecular weight is 503 g/mol. The van der Waals surface area contributed by atoms with Gasteiger partial charge in [-0.1, -0.05) is 35.9 Å². The van der Waals surface area contributed by atoms with Crippen molar-refractivity contribution >= 4 is 34.9 Å². The minimum atomic E-state index is -0.816. The van der Waals surface area contributed by atoms with Crippen molar-refractivity contribution in [2.75, 3.05) is 36.0 Å². The Morgan fingerprint density at radius 1 is 0.972 bits per heavy atom. The van der Waals surface area contributed by atoms with Gasteiger partial charge in [-0.05, 0) is 55.5 Å². The van der Waals surface area contributed by atoms with Crippen LogP contribution in [0.25, 0.3) is 0 Å². The first kappa shape index (κ1) is 22.7. The zero-order valence-corrected chi connectivity index (χ0v) is 20.7. The van der Waals surface area contributed by atoms with E-state index in [0.29, 0.717) is 35.8 Å². The fraction of sp³-hybridized carbons (Fsp3) is 0.286.